The highest BCUT2D eigenvalue weighted by atomic mass is 15.0. The predicted octanol–water partition coefficient (Wildman–Crippen LogP) is 2.34. The van der Waals surface area contributed by atoms with Gasteiger partial charge in [0.25, 0.3) is 0 Å². The molecule has 0 saturated carbocycles. The molecule has 2 aromatic rings. The fourth-order valence-corrected chi connectivity index (χ4v) is 1.66. The van der Waals surface area contributed by atoms with E-state index in [1.807, 2.05) is 6.07 Å². The standard InChI is InChI=1S/C12H13N3/c1-8-5-9(2)7-10(6-8)11-3-4-14-12(13)15-11/h3-7H,1-2H3,(H2,13,14,15). The van der Waals surface area contributed by atoms with E-state index >= 15 is 0 Å². The lowest BCUT2D eigenvalue weighted by atomic mass is 10.1. The van der Waals surface area contributed by atoms with Crippen LogP contribution in [0.1, 0.15) is 11.1 Å². The largest absolute Gasteiger partial charge is 0.368 e. The van der Waals surface area contributed by atoms with Gasteiger partial charge in [-0.25, -0.2) is 9.97 Å². The van der Waals surface area contributed by atoms with Crippen LogP contribution >= 0.6 is 0 Å². The van der Waals surface area contributed by atoms with Crippen molar-refractivity contribution in [2.45, 2.75) is 13.8 Å². The molecule has 1 aromatic heterocycles. The maximum Gasteiger partial charge on any atom is 0.220 e. The summed E-state index contributed by atoms with van der Waals surface area (Å²) in [7, 11) is 0. The lowest BCUT2D eigenvalue weighted by molar-refractivity contribution is 1.19. The lowest BCUT2D eigenvalue weighted by Crippen LogP contribution is -1.95. The van der Waals surface area contributed by atoms with Crippen LogP contribution in [0.4, 0.5) is 5.95 Å². The first-order valence-corrected chi connectivity index (χ1v) is 4.82. The van der Waals surface area contributed by atoms with Crippen molar-refractivity contribution < 1.29 is 0 Å². The number of hydrogen-bond acceptors (Lipinski definition) is 3. The molecule has 0 fully saturated rings. The molecule has 2 rings (SSSR count). The number of nitrogens with two attached hydrogens (primary N) is 1. The minimum Gasteiger partial charge on any atom is -0.368 e. The number of benzene rings is 1. The molecule has 15 heavy (non-hydrogen) atoms. The van der Waals surface area contributed by atoms with Crippen LogP contribution in [-0.2, 0) is 0 Å². The van der Waals surface area contributed by atoms with Gasteiger partial charge in [-0.1, -0.05) is 17.2 Å². The number of aryl methyl sites for hydroxylation is 2. The average Bonchev–Trinajstić information content (AvgIpc) is 2.16. The molecule has 3 nitrogen and oxygen atoms in total. The van der Waals surface area contributed by atoms with E-state index < -0.39 is 0 Å². The third-order valence-corrected chi connectivity index (χ3v) is 2.19. The summed E-state index contributed by atoms with van der Waals surface area (Å²) in [6.45, 7) is 4.14. The van der Waals surface area contributed by atoms with Gasteiger partial charge in [-0.05, 0) is 32.0 Å². The van der Waals surface area contributed by atoms with Crippen molar-refractivity contribution in [2.75, 3.05) is 5.73 Å². The van der Waals surface area contributed by atoms with Crippen LogP contribution in [0.15, 0.2) is 30.5 Å². The molecule has 76 valence electrons. The van der Waals surface area contributed by atoms with Gasteiger partial charge in [0.15, 0.2) is 0 Å². The van der Waals surface area contributed by atoms with Crippen molar-refractivity contribution >= 4 is 5.95 Å². The predicted molar refractivity (Wildman–Crippen MR) is 61.4 cm³/mol. The van der Waals surface area contributed by atoms with E-state index in [0.29, 0.717) is 5.95 Å². The van der Waals surface area contributed by atoms with E-state index in [1.54, 1.807) is 6.20 Å². The monoisotopic (exact) mass is 199 g/mol. The molecule has 2 N–H and O–H groups in total. The Morgan fingerprint density at radius 3 is 2.33 bits per heavy atom. The van der Waals surface area contributed by atoms with Crippen molar-refractivity contribution in [3.8, 4) is 11.3 Å². The summed E-state index contributed by atoms with van der Waals surface area (Å²) >= 11 is 0. The number of rotatable bonds is 1. The van der Waals surface area contributed by atoms with Crippen LogP contribution in [-0.4, -0.2) is 9.97 Å². The van der Waals surface area contributed by atoms with Crippen LogP contribution in [0.5, 0.6) is 0 Å². The van der Waals surface area contributed by atoms with Gasteiger partial charge in [-0.3, -0.25) is 0 Å². The zero-order valence-corrected chi connectivity index (χ0v) is 8.86. The van der Waals surface area contributed by atoms with Gasteiger partial charge in [0.1, 0.15) is 0 Å². The molecule has 0 aliphatic carbocycles. The summed E-state index contributed by atoms with van der Waals surface area (Å²) in [5.41, 5.74) is 9.95. The summed E-state index contributed by atoms with van der Waals surface area (Å²) in [5, 5.41) is 0. The number of hydrogen-bond donors (Lipinski definition) is 1. The molecule has 0 aliphatic rings. The molecule has 0 amide bonds. The van der Waals surface area contributed by atoms with Gasteiger partial charge < -0.3 is 5.73 Å². The highest BCUT2D eigenvalue weighted by Crippen LogP contribution is 2.20. The van der Waals surface area contributed by atoms with E-state index in [4.69, 9.17) is 5.73 Å². The van der Waals surface area contributed by atoms with Crippen LogP contribution in [0.25, 0.3) is 11.3 Å². The SMILES string of the molecule is Cc1cc(C)cc(-c2ccnc(N)n2)c1. The third kappa shape index (κ3) is 2.13. The van der Waals surface area contributed by atoms with Crippen molar-refractivity contribution in [3.05, 3.63) is 41.6 Å². The van der Waals surface area contributed by atoms with Crippen molar-refractivity contribution in [2.24, 2.45) is 0 Å². The first-order valence-electron chi connectivity index (χ1n) is 4.82. The normalized spacial score (nSPS) is 10.3. The fourth-order valence-electron chi connectivity index (χ4n) is 1.66. The molecule has 0 saturated heterocycles. The quantitative estimate of drug-likeness (QED) is 0.767. The van der Waals surface area contributed by atoms with Gasteiger partial charge in [-0.15, -0.1) is 0 Å². The molecule has 0 bridgehead atoms. The van der Waals surface area contributed by atoms with Crippen molar-refractivity contribution in [1.29, 1.82) is 0 Å². The topological polar surface area (TPSA) is 51.8 Å². The summed E-state index contributed by atoms with van der Waals surface area (Å²) in [6, 6.07) is 8.18. The molecule has 0 radical (unpaired) electrons. The molecular weight excluding hydrogens is 186 g/mol. The van der Waals surface area contributed by atoms with Gasteiger partial charge in [0.05, 0.1) is 5.69 Å². The van der Waals surface area contributed by atoms with Crippen LogP contribution in [0, 0.1) is 13.8 Å². The van der Waals surface area contributed by atoms with Gasteiger partial charge in [0, 0.05) is 11.8 Å². The van der Waals surface area contributed by atoms with E-state index in [-0.39, 0.29) is 0 Å². The Labute approximate surface area is 89.0 Å². The van der Waals surface area contributed by atoms with Crippen LogP contribution in [0.2, 0.25) is 0 Å². The van der Waals surface area contributed by atoms with Gasteiger partial charge >= 0.3 is 0 Å². The van der Waals surface area contributed by atoms with Crippen molar-refractivity contribution in [1.82, 2.24) is 9.97 Å². The number of anilines is 1. The zero-order chi connectivity index (χ0) is 10.8. The maximum absolute atomic E-state index is 5.55. The molecule has 3 heteroatoms. The number of aromatic nitrogens is 2. The lowest BCUT2D eigenvalue weighted by Gasteiger charge is -2.04. The Morgan fingerprint density at radius 1 is 1.07 bits per heavy atom. The number of nitrogen functional groups attached to an aromatic ring is 1. The second-order valence-corrected chi connectivity index (χ2v) is 3.68. The van der Waals surface area contributed by atoms with Gasteiger partial charge in [-0.2, -0.15) is 0 Å². The van der Waals surface area contributed by atoms with Crippen LogP contribution < -0.4 is 5.73 Å². The zero-order valence-electron chi connectivity index (χ0n) is 8.86. The van der Waals surface area contributed by atoms with E-state index in [1.165, 1.54) is 11.1 Å². The Morgan fingerprint density at radius 2 is 1.73 bits per heavy atom. The maximum atomic E-state index is 5.55. The Bertz CT molecular complexity index is 472. The molecule has 1 heterocycles. The number of nitrogens with zero attached hydrogens (tertiary/aromatic N) is 2. The second-order valence-electron chi connectivity index (χ2n) is 3.68. The fraction of sp³-hybridized carbons (Fsp3) is 0.167. The van der Waals surface area contributed by atoms with Crippen molar-refractivity contribution in [3.63, 3.8) is 0 Å². The molecule has 0 unspecified atom stereocenters. The highest BCUT2D eigenvalue weighted by Gasteiger charge is 2.01. The summed E-state index contributed by atoms with van der Waals surface area (Å²) < 4.78 is 0. The van der Waals surface area contributed by atoms with E-state index in [2.05, 4.69) is 42.0 Å². The van der Waals surface area contributed by atoms with Crippen LogP contribution in [0.3, 0.4) is 0 Å². The third-order valence-electron chi connectivity index (χ3n) is 2.19. The van der Waals surface area contributed by atoms with Gasteiger partial charge in [0.2, 0.25) is 5.95 Å². The molecule has 0 atom stereocenters. The summed E-state index contributed by atoms with van der Waals surface area (Å²) in [4.78, 5) is 8.07. The summed E-state index contributed by atoms with van der Waals surface area (Å²) in [5.74, 6) is 0.312. The first kappa shape index (κ1) is 9.65. The second kappa shape index (κ2) is 3.69. The van der Waals surface area contributed by atoms with E-state index in [0.717, 1.165) is 11.3 Å². The molecular formula is C12H13N3. The first-order chi connectivity index (χ1) is 7.15. The minimum absolute atomic E-state index is 0.312. The highest BCUT2D eigenvalue weighted by molar-refractivity contribution is 5.61. The Balaban J connectivity index is 2.54. The average molecular weight is 199 g/mol. The smallest absolute Gasteiger partial charge is 0.220 e. The Kier molecular flexibility index (Phi) is 2.37. The molecule has 0 aliphatic heterocycles. The molecule has 0 spiro atoms. The molecule has 1 aromatic carbocycles. The minimum atomic E-state index is 0.312. The summed E-state index contributed by atoms with van der Waals surface area (Å²) in [6.07, 6.45) is 1.68. The van der Waals surface area contributed by atoms with E-state index in [9.17, 15) is 0 Å². The Hall–Kier alpha value is -1.90.